The third-order valence-electron chi connectivity index (χ3n) is 1.27. The molecule has 0 heterocycles. The van der Waals surface area contributed by atoms with Crippen LogP contribution in [0.15, 0.2) is 0 Å². The Morgan fingerprint density at radius 1 is 1.36 bits per heavy atom. The molecule has 0 bridgehead atoms. The molecule has 0 aliphatic carbocycles. The van der Waals surface area contributed by atoms with E-state index >= 15 is 0 Å². The molecule has 0 spiro atoms. The molecule has 3 nitrogen and oxygen atoms in total. The highest BCUT2D eigenvalue weighted by Crippen LogP contribution is 2.23. The Balaban J connectivity index is 4.59. The van der Waals surface area contributed by atoms with E-state index in [2.05, 4.69) is 4.74 Å². The number of alkyl halides is 2. The van der Waals surface area contributed by atoms with Crippen LogP contribution >= 0.6 is 0 Å². The first kappa shape index (κ1) is 10.3. The van der Waals surface area contributed by atoms with Crippen LogP contribution in [0.4, 0.5) is 8.78 Å². The SMILES string of the molecule is COC(=O)C(F)(F)[N+](C)(C)C. The first-order valence-corrected chi connectivity index (χ1v) is 3.01. The molecule has 0 saturated carbocycles. The number of hydrogen-bond acceptors (Lipinski definition) is 2. The second-order valence-electron chi connectivity index (χ2n) is 3.05. The molecule has 0 aromatic rings. The molecule has 0 aromatic carbocycles. The molecule has 0 aliphatic rings. The van der Waals surface area contributed by atoms with E-state index < -0.39 is 16.5 Å². The molecule has 0 aromatic heterocycles. The first-order chi connectivity index (χ1) is 4.73. The summed E-state index contributed by atoms with van der Waals surface area (Å²) in [5, 5.41) is 0. The van der Waals surface area contributed by atoms with Crippen LogP contribution in [-0.2, 0) is 9.53 Å². The molecular weight excluding hydrogens is 156 g/mol. The van der Waals surface area contributed by atoms with Crippen molar-refractivity contribution in [1.82, 2.24) is 0 Å². The average Bonchev–Trinajstić information content (AvgIpc) is 1.83. The first-order valence-electron chi connectivity index (χ1n) is 3.01. The molecule has 0 atom stereocenters. The Hall–Kier alpha value is -0.710. The van der Waals surface area contributed by atoms with E-state index in [0.29, 0.717) is 0 Å². The molecule has 0 unspecified atom stereocenters. The highest BCUT2D eigenvalue weighted by molar-refractivity contribution is 5.75. The van der Waals surface area contributed by atoms with E-state index in [-0.39, 0.29) is 0 Å². The lowest BCUT2D eigenvalue weighted by Crippen LogP contribution is -2.56. The Kier molecular flexibility index (Phi) is 2.55. The summed E-state index contributed by atoms with van der Waals surface area (Å²) in [6.07, 6.45) is 0. The fourth-order valence-electron chi connectivity index (χ4n) is 0.397. The van der Waals surface area contributed by atoms with Crippen molar-refractivity contribution in [3.8, 4) is 0 Å². The van der Waals surface area contributed by atoms with Crippen LogP contribution in [0.3, 0.4) is 0 Å². The van der Waals surface area contributed by atoms with Crippen LogP contribution < -0.4 is 0 Å². The Bertz CT molecular complexity index is 162. The van der Waals surface area contributed by atoms with Gasteiger partial charge in [0.25, 0.3) is 0 Å². The predicted octanol–water partition coefficient (Wildman–Crippen LogP) is 0.458. The van der Waals surface area contributed by atoms with Crippen molar-refractivity contribution in [2.24, 2.45) is 0 Å². The van der Waals surface area contributed by atoms with Crippen LogP contribution in [0.2, 0.25) is 0 Å². The van der Waals surface area contributed by atoms with Crippen LogP contribution in [-0.4, -0.2) is 44.8 Å². The molecule has 5 heteroatoms. The molecule has 0 saturated heterocycles. The summed E-state index contributed by atoms with van der Waals surface area (Å²) in [5.41, 5.74) is 0. The zero-order valence-electron chi connectivity index (χ0n) is 7.02. The lowest BCUT2D eigenvalue weighted by atomic mass is 10.4. The third kappa shape index (κ3) is 1.86. The minimum atomic E-state index is -3.48. The molecular formula is C6H12F2NO2+. The van der Waals surface area contributed by atoms with E-state index in [1.165, 1.54) is 21.1 Å². The van der Waals surface area contributed by atoms with Gasteiger partial charge in [-0.2, -0.15) is 0 Å². The van der Waals surface area contributed by atoms with Crippen LogP contribution in [0, 0.1) is 0 Å². The monoisotopic (exact) mass is 168 g/mol. The highest BCUT2D eigenvalue weighted by atomic mass is 19.3. The molecule has 11 heavy (non-hydrogen) atoms. The zero-order chi connectivity index (χ0) is 9.28. The van der Waals surface area contributed by atoms with E-state index in [1.54, 1.807) is 0 Å². The predicted molar refractivity (Wildman–Crippen MR) is 35.0 cm³/mol. The van der Waals surface area contributed by atoms with Gasteiger partial charge in [0.05, 0.1) is 28.3 Å². The number of likely N-dealkylation sites (N-methyl/N-ethyl adjacent to an activating group) is 1. The number of rotatable bonds is 2. The average molecular weight is 168 g/mol. The summed E-state index contributed by atoms with van der Waals surface area (Å²) >= 11 is 0. The highest BCUT2D eigenvalue weighted by Gasteiger charge is 2.54. The molecule has 0 amide bonds. The normalized spacial score (nSPS) is 12.9. The summed E-state index contributed by atoms with van der Waals surface area (Å²) < 4.78 is 28.8. The summed E-state index contributed by atoms with van der Waals surface area (Å²) in [6, 6.07) is -3.48. The van der Waals surface area contributed by atoms with Crippen molar-refractivity contribution in [3.05, 3.63) is 0 Å². The van der Waals surface area contributed by atoms with Gasteiger partial charge in [-0.15, -0.1) is 8.78 Å². The number of esters is 1. The van der Waals surface area contributed by atoms with Gasteiger partial charge in [-0.25, -0.2) is 4.79 Å². The number of carbonyl (C=O) groups excluding carboxylic acids is 1. The Labute approximate surface area is 64.1 Å². The van der Waals surface area contributed by atoms with Crippen molar-refractivity contribution in [2.75, 3.05) is 28.3 Å². The molecule has 0 rings (SSSR count). The molecule has 0 fully saturated rings. The van der Waals surface area contributed by atoms with E-state index in [0.717, 1.165) is 7.11 Å². The third-order valence-corrected chi connectivity index (χ3v) is 1.27. The lowest BCUT2D eigenvalue weighted by molar-refractivity contribution is -0.949. The Morgan fingerprint density at radius 2 is 1.73 bits per heavy atom. The number of quaternary nitrogens is 1. The molecule has 0 aliphatic heterocycles. The van der Waals surface area contributed by atoms with Gasteiger partial charge in [-0.3, -0.25) is 4.48 Å². The van der Waals surface area contributed by atoms with Gasteiger partial charge < -0.3 is 4.74 Å². The molecule has 66 valence electrons. The van der Waals surface area contributed by atoms with Crippen LogP contribution in [0.5, 0.6) is 0 Å². The van der Waals surface area contributed by atoms with Gasteiger partial charge in [0, 0.05) is 0 Å². The number of hydrogen-bond donors (Lipinski definition) is 0. The maximum Gasteiger partial charge on any atom is 0.491 e. The molecule has 0 N–H and O–H groups in total. The van der Waals surface area contributed by atoms with Gasteiger partial charge in [-0.1, -0.05) is 0 Å². The number of methoxy groups -OCH3 is 1. The second kappa shape index (κ2) is 2.73. The van der Waals surface area contributed by atoms with Gasteiger partial charge >= 0.3 is 12.0 Å². The maximum atomic E-state index is 12.8. The topological polar surface area (TPSA) is 26.3 Å². The van der Waals surface area contributed by atoms with Crippen molar-refractivity contribution >= 4 is 5.97 Å². The van der Waals surface area contributed by atoms with Crippen molar-refractivity contribution in [1.29, 1.82) is 0 Å². The fraction of sp³-hybridized carbons (Fsp3) is 0.833. The maximum absolute atomic E-state index is 12.8. The van der Waals surface area contributed by atoms with E-state index in [4.69, 9.17) is 0 Å². The standard InChI is InChI=1S/C6H12F2NO2/c1-9(2,3)6(7,8)5(10)11-4/h1-4H3/q+1. The van der Waals surface area contributed by atoms with Crippen molar-refractivity contribution in [3.63, 3.8) is 0 Å². The largest absolute Gasteiger partial charge is 0.491 e. The lowest BCUT2D eigenvalue weighted by Gasteiger charge is -2.29. The number of ether oxygens (including phenoxy) is 1. The summed E-state index contributed by atoms with van der Waals surface area (Å²) in [5.74, 6) is -1.51. The number of nitrogens with zero attached hydrogens (tertiary/aromatic N) is 1. The minimum absolute atomic E-state index is 0.764. The molecule has 0 radical (unpaired) electrons. The fourth-order valence-corrected chi connectivity index (χ4v) is 0.397. The van der Waals surface area contributed by atoms with E-state index in [9.17, 15) is 13.6 Å². The summed E-state index contributed by atoms with van der Waals surface area (Å²) in [7, 11) is 4.59. The summed E-state index contributed by atoms with van der Waals surface area (Å²) in [4.78, 5) is 10.5. The quantitative estimate of drug-likeness (QED) is 0.340. The minimum Gasteiger partial charge on any atom is -0.460 e. The second-order valence-corrected chi connectivity index (χ2v) is 3.05. The number of carbonyl (C=O) groups is 1. The van der Waals surface area contributed by atoms with Gasteiger partial charge in [-0.05, 0) is 0 Å². The van der Waals surface area contributed by atoms with Crippen molar-refractivity contribution in [2.45, 2.75) is 6.05 Å². The Morgan fingerprint density at radius 3 is 1.82 bits per heavy atom. The van der Waals surface area contributed by atoms with E-state index in [1.807, 2.05) is 0 Å². The zero-order valence-corrected chi connectivity index (χ0v) is 7.02. The van der Waals surface area contributed by atoms with Crippen molar-refractivity contribution < 1.29 is 22.8 Å². The van der Waals surface area contributed by atoms with Gasteiger partial charge in [0.1, 0.15) is 0 Å². The van der Waals surface area contributed by atoms with Gasteiger partial charge in [0.2, 0.25) is 0 Å². The summed E-state index contributed by atoms with van der Waals surface area (Å²) in [6.45, 7) is 0. The van der Waals surface area contributed by atoms with Gasteiger partial charge in [0.15, 0.2) is 0 Å². The van der Waals surface area contributed by atoms with Crippen LogP contribution in [0.1, 0.15) is 0 Å². The van der Waals surface area contributed by atoms with Crippen LogP contribution in [0.25, 0.3) is 0 Å². The number of halogens is 2. The smallest absolute Gasteiger partial charge is 0.460 e.